The molecule has 1 aromatic carbocycles. The zero-order valence-electron chi connectivity index (χ0n) is 10.4. The van der Waals surface area contributed by atoms with Gasteiger partial charge in [-0.25, -0.2) is 9.48 Å². The van der Waals surface area contributed by atoms with Crippen molar-refractivity contribution in [1.82, 2.24) is 14.8 Å². The minimum Gasteiger partial charge on any atom is -0.476 e. The first kappa shape index (κ1) is 12.2. The number of nitrogens with zero attached hydrogens (tertiary/aromatic N) is 2. The molecular formula is C14H11N3O3. The second kappa shape index (κ2) is 4.65. The molecular weight excluding hydrogens is 258 g/mol. The molecule has 0 aliphatic heterocycles. The Bertz CT molecular complexity index is 848. The van der Waals surface area contributed by atoms with Crippen molar-refractivity contribution >= 4 is 16.9 Å². The van der Waals surface area contributed by atoms with Crippen LogP contribution in [0.25, 0.3) is 10.9 Å². The molecule has 0 aliphatic carbocycles. The quantitative estimate of drug-likeness (QED) is 0.753. The Kier molecular flexibility index (Phi) is 2.83. The monoisotopic (exact) mass is 269 g/mol. The molecule has 0 bridgehead atoms. The lowest BCUT2D eigenvalue weighted by Crippen LogP contribution is -2.24. The van der Waals surface area contributed by atoms with Crippen LogP contribution in [0.15, 0.2) is 47.4 Å². The van der Waals surface area contributed by atoms with Crippen molar-refractivity contribution in [3.8, 4) is 0 Å². The highest BCUT2D eigenvalue weighted by Gasteiger charge is 2.09. The molecule has 20 heavy (non-hydrogen) atoms. The van der Waals surface area contributed by atoms with E-state index in [1.165, 1.54) is 12.1 Å². The first-order valence-corrected chi connectivity index (χ1v) is 6.01. The first-order chi connectivity index (χ1) is 9.65. The number of fused-ring (bicyclic) bond motifs is 1. The third-order valence-corrected chi connectivity index (χ3v) is 3.08. The van der Waals surface area contributed by atoms with Gasteiger partial charge in [0, 0.05) is 23.2 Å². The van der Waals surface area contributed by atoms with Crippen molar-refractivity contribution < 1.29 is 9.90 Å². The Balaban J connectivity index is 2.05. The summed E-state index contributed by atoms with van der Waals surface area (Å²) < 4.78 is 1.15. The van der Waals surface area contributed by atoms with Crippen molar-refractivity contribution in [1.29, 1.82) is 0 Å². The van der Waals surface area contributed by atoms with E-state index in [9.17, 15) is 9.59 Å². The van der Waals surface area contributed by atoms with E-state index in [4.69, 9.17) is 5.11 Å². The van der Waals surface area contributed by atoms with E-state index in [0.29, 0.717) is 0 Å². The minimum atomic E-state index is -1.15. The molecule has 3 rings (SSSR count). The zero-order chi connectivity index (χ0) is 14.1. The molecule has 0 aliphatic rings. The van der Waals surface area contributed by atoms with Crippen molar-refractivity contribution in [3.05, 3.63) is 64.2 Å². The number of carboxylic acids is 1. The molecule has 0 radical (unpaired) electrons. The number of H-pyrrole nitrogens is 1. The third-order valence-electron chi connectivity index (χ3n) is 3.08. The first-order valence-electron chi connectivity index (χ1n) is 6.01. The summed E-state index contributed by atoms with van der Waals surface area (Å²) in [6, 6.07) is 10.1. The van der Waals surface area contributed by atoms with Crippen molar-refractivity contribution in [2.45, 2.75) is 6.54 Å². The molecule has 3 aromatic rings. The summed E-state index contributed by atoms with van der Waals surface area (Å²) in [6.07, 6.45) is 1.80. The molecule has 0 saturated heterocycles. The maximum atomic E-state index is 11.8. The smallest absolute Gasteiger partial charge is 0.356 e. The zero-order valence-corrected chi connectivity index (χ0v) is 10.4. The SMILES string of the molecule is O=C(O)c1ccc(=O)n(Cc2c[nH]c3ccccc23)n1. The number of hydrogen-bond acceptors (Lipinski definition) is 3. The second-order valence-corrected chi connectivity index (χ2v) is 4.38. The van der Waals surface area contributed by atoms with E-state index >= 15 is 0 Å². The summed E-state index contributed by atoms with van der Waals surface area (Å²) in [5, 5.41) is 13.7. The van der Waals surface area contributed by atoms with Gasteiger partial charge in [-0.05, 0) is 17.7 Å². The number of para-hydroxylation sites is 1. The lowest BCUT2D eigenvalue weighted by molar-refractivity contribution is 0.0687. The van der Waals surface area contributed by atoms with E-state index in [-0.39, 0.29) is 17.8 Å². The lowest BCUT2D eigenvalue weighted by atomic mass is 10.2. The molecule has 0 saturated carbocycles. The van der Waals surface area contributed by atoms with Crippen LogP contribution >= 0.6 is 0 Å². The van der Waals surface area contributed by atoms with Gasteiger partial charge in [-0.3, -0.25) is 4.79 Å². The fourth-order valence-corrected chi connectivity index (χ4v) is 2.10. The second-order valence-electron chi connectivity index (χ2n) is 4.38. The fraction of sp³-hybridized carbons (Fsp3) is 0.0714. The summed E-state index contributed by atoms with van der Waals surface area (Å²) in [7, 11) is 0. The van der Waals surface area contributed by atoms with Crippen molar-refractivity contribution in [3.63, 3.8) is 0 Å². The lowest BCUT2D eigenvalue weighted by Gasteiger charge is -2.04. The highest BCUT2D eigenvalue weighted by Crippen LogP contribution is 2.17. The number of carbonyl (C=O) groups is 1. The number of nitrogens with one attached hydrogen (secondary N) is 1. The fourth-order valence-electron chi connectivity index (χ4n) is 2.10. The van der Waals surface area contributed by atoms with Gasteiger partial charge in [0.1, 0.15) is 0 Å². The molecule has 6 nitrogen and oxygen atoms in total. The standard InChI is InChI=1S/C14H11N3O3/c18-13-6-5-12(14(19)20)16-17(13)8-9-7-15-11-4-2-1-3-10(9)11/h1-7,15H,8H2,(H,19,20). The summed E-state index contributed by atoms with van der Waals surface area (Å²) >= 11 is 0. The molecule has 100 valence electrons. The number of benzene rings is 1. The Morgan fingerprint density at radius 2 is 2.05 bits per heavy atom. The number of carboxylic acid groups (broad SMARTS) is 1. The van der Waals surface area contributed by atoms with Gasteiger partial charge in [-0.2, -0.15) is 5.10 Å². The number of aromatic amines is 1. The number of aromatic nitrogens is 3. The third kappa shape index (κ3) is 2.07. The maximum Gasteiger partial charge on any atom is 0.356 e. The molecule has 6 heteroatoms. The Morgan fingerprint density at radius 3 is 2.85 bits per heavy atom. The van der Waals surface area contributed by atoms with Gasteiger partial charge in [0.25, 0.3) is 5.56 Å². The number of aromatic carboxylic acids is 1. The summed E-state index contributed by atoms with van der Waals surface area (Å²) in [4.78, 5) is 25.8. The van der Waals surface area contributed by atoms with Gasteiger partial charge in [0.15, 0.2) is 5.69 Å². The van der Waals surface area contributed by atoms with Gasteiger partial charge < -0.3 is 10.1 Å². The molecule has 0 spiro atoms. The van der Waals surface area contributed by atoms with Crippen molar-refractivity contribution in [2.75, 3.05) is 0 Å². The molecule has 0 atom stereocenters. The summed E-state index contributed by atoms with van der Waals surface area (Å²) in [5.74, 6) is -1.15. The largest absolute Gasteiger partial charge is 0.476 e. The Morgan fingerprint density at radius 1 is 1.25 bits per heavy atom. The van der Waals surface area contributed by atoms with Gasteiger partial charge >= 0.3 is 5.97 Å². The number of hydrogen-bond donors (Lipinski definition) is 2. The topological polar surface area (TPSA) is 88.0 Å². The molecule has 2 heterocycles. The van der Waals surface area contributed by atoms with Crippen LogP contribution in [0, 0.1) is 0 Å². The van der Waals surface area contributed by atoms with E-state index in [1.54, 1.807) is 6.20 Å². The van der Waals surface area contributed by atoms with Crippen LogP contribution < -0.4 is 5.56 Å². The summed E-state index contributed by atoms with van der Waals surface area (Å²) in [5.41, 5.74) is 1.37. The van der Waals surface area contributed by atoms with Gasteiger partial charge in [0.05, 0.1) is 6.54 Å². The maximum absolute atomic E-state index is 11.8. The molecule has 0 amide bonds. The average molecular weight is 269 g/mol. The minimum absolute atomic E-state index is 0.149. The van der Waals surface area contributed by atoms with Gasteiger partial charge in [-0.1, -0.05) is 18.2 Å². The normalized spacial score (nSPS) is 10.8. The van der Waals surface area contributed by atoms with E-state index < -0.39 is 5.97 Å². The summed E-state index contributed by atoms with van der Waals surface area (Å²) in [6.45, 7) is 0.226. The van der Waals surface area contributed by atoms with Crippen LogP contribution in [0.4, 0.5) is 0 Å². The van der Waals surface area contributed by atoms with Crippen LogP contribution in [-0.4, -0.2) is 25.8 Å². The Labute approximate surface area is 113 Å². The van der Waals surface area contributed by atoms with Crippen LogP contribution in [-0.2, 0) is 6.54 Å². The highest BCUT2D eigenvalue weighted by molar-refractivity contribution is 5.85. The predicted octanol–water partition coefficient (Wildman–Crippen LogP) is 1.47. The highest BCUT2D eigenvalue weighted by atomic mass is 16.4. The van der Waals surface area contributed by atoms with E-state index in [1.807, 2.05) is 24.3 Å². The molecule has 0 fully saturated rings. The molecule has 0 unspecified atom stereocenters. The van der Waals surface area contributed by atoms with Gasteiger partial charge in [0.2, 0.25) is 0 Å². The van der Waals surface area contributed by atoms with Crippen LogP contribution in [0.5, 0.6) is 0 Å². The predicted molar refractivity (Wildman–Crippen MR) is 72.9 cm³/mol. The molecule has 2 aromatic heterocycles. The van der Waals surface area contributed by atoms with Crippen LogP contribution in [0.3, 0.4) is 0 Å². The number of rotatable bonds is 3. The van der Waals surface area contributed by atoms with Gasteiger partial charge in [-0.15, -0.1) is 0 Å². The van der Waals surface area contributed by atoms with E-state index in [2.05, 4.69) is 10.1 Å². The van der Waals surface area contributed by atoms with Crippen LogP contribution in [0.1, 0.15) is 16.1 Å². The van der Waals surface area contributed by atoms with Crippen molar-refractivity contribution in [2.24, 2.45) is 0 Å². The van der Waals surface area contributed by atoms with E-state index in [0.717, 1.165) is 21.1 Å². The molecule has 2 N–H and O–H groups in total. The Hall–Kier alpha value is -2.89. The average Bonchev–Trinajstić information content (AvgIpc) is 2.84. The van der Waals surface area contributed by atoms with Crippen LogP contribution in [0.2, 0.25) is 0 Å².